The smallest absolute Gasteiger partial charge is 0.231 e. The molecule has 4 heteroatoms. The van der Waals surface area contributed by atoms with Crippen LogP contribution in [-0.4, -0.2) is 30.1 Å². The molecule has 1 fully saturated rings. The Balaban J connectivity index is 2.68. The topological polar surface area (TPSA) is 46.6 Å². The van der Waals surface area contributed by atoms with Gasteiger partial charge in [-0.3, -0.25) is 14.5 Å². The maximum atomic E-state index is 11.0. The summed E-state index contributed by atoms with van der Waals surface area (Å²) in [4.78, 5) is 23.2. The highest BCUT2D eigenvalue weighted by molar-refractivity contribution is 6.02. The first kappa shape index (κ1) is 8.20. The van der Waals surface area contributed by atoms with Gasteiger partial charge in [-0.1, -0.05) is 0 Å². The SMILES string of the molecule is COC(C)N1C(=O)CCC1=O. The van der Waals surface area contributed by atoms with Crippen molar-refractivity contribution in [2.24, 2.45) is 0 Å². The fourth-order valence-electron chi connectivity index (χ4n) is 1.10. The van der Waals surface area contributed by atoms with Crippen molar-refractivity contribution >= 4 is 11.8 Å². The number of imide groups is 1. The van der Waals surface area contributed by atoms with E-state index < -0.39 is 6.23 Å². The van der Waals surface area contributed by atoms with Gasteiger partial charge in [-0.2, -0.15) is 0 Å². The van der Waals surface area contributed by atoms with Crippen LogP contribution in [0.3, 0.4) is 0 Å². The summed E-state index contributed by atoms with van der Waals surface area (Å²) < 4.78 is 4.86. The van der Waals surface area contributed by atoms with Crippen molar-refractivity contribution in [3.8, 4) is 0 Å². The molecule has 0 radical (unpaired) electrons. The number of carbonyl (C=O) groups is 2. The standard InChI is InChI=1S/C7H11NO3/c1-5(11-2)8-6(9)3-4-7(8)10/h5H,3-4H2,1-2H3. The highest BCUT2D eigenvalue weighted by Gasteiger charge is 2.32. The molecule has 0 aromatic rings. The first-order chi connectivity index (χ1) is 5.16. The van der Waals surface area contributed by atoms with E-state index in [1.165, 1.54) is 12.0 Å². The summed E-state index contributed by atoms with van der Waals surface area (Å²) in [6.45, 7) is 1.68. The van der Waals surface area contributed by atoms with Gasteiger partial charge < -0.3 is 4.74 Å². The molecule has 0 aromatic heterocycles. The molecule has 2 amide bonds. The number of amides is 2. The van der Waals surface area contributed by atoms with E-state index >= 15 is 0 Å². The van der Waals surface area contributed by atoms with E-state index in [0.29, 0.717) is 12.8 Å². The third-order valence-corrected chi connectivity index (χ3v) is 1.79. The van der Waals surface area contributed by atoms with Crippen molar-refractivity contribution in [3.63, 3.8) is 0 Å². The number of rotatable bonds is 2. The van der Waals surface area contributed by atoms with Gasteiger partial charge in [0.15, 0.2) is 0 Å². The quantitative estimate of drug-likeness (QED) is 0.535. The molecule has 62 valence electrons. The van der Waals surface area contributed by atoms with Gasteiger partial charge in [-0.25, -0.2) is 0 Å². The highest BCUT2D eigenvalue weighted by Crippen LogP contribution is 2.14. The van der Waals surface area contributed by atoms with Crippen LogP contribution in [0.2, 0.25) is 0 Å². The van der Waals surface area contributed by atoms with Crippen LogP contribution in [0.25, 0.3) is 0 Å². The van der Waals surface area contributed by atoms with Crippen molar-refractivity contribution in [1.82, 2.24) is 4.90 Å². The first-order valence-corrected chi connectivity index (χ1v) is 3.54. The average molecular weight is 157 g/mol. The molecule has 1 rings (SSSR count). The molecule has 1 aliphatic heterocycles. The minimum Gasteiger partial charge on any atom is -0.361 e. The number of hydrogen-bond donors (Lipinski definition) is 0. The molecule has 0 aliphatic carbocycles. The number of hydrogen-bond acceptors (Lipinski definition) is 3. The second-order valence-electron chi connectivity index (χ2n) is 2.49. The van der Waals surface area contributed by atoms with Crippen molar-refractivity contribution < 1.29 is 14.3 Å². The lowest BCUT2D eigenvalue weighted by atomic mass is 10.4. The fourth-order valence-corrected chi connectivity index (χ4v) is 1.10. The van der Waals surface area contributed by atoms with Crippen LogP contribution in [0.4, 0.5) is 0 Å². The second kappa shape index (κ2) is 3.00. The Morgan fingerprint density at radius 3 is 2.18 bits per heavy atom. The summed E-state index contributed by atoms with van der Waals surface area (Å²) in [5, 5.41) is 0. The molecule has 1 heterocycles. The van der Waals surface area contributed by atoms with Crippen molar-refractivity contribution in [2.45, 2.75) is 26.0 Å². The molecule has 0 spiro atoms. The predicted octanol–water partition coefficient (Wildman–Crippen LogP) is 0.128. The highest BCUT2D eigenvalue weighted by atomic mass is 16.5. The van der Waals surface area contributed by atoms with Gasteiger partial charge in [0.1, 0.15) is 6.23 Å². The minimum atomic E-state index is -0.419. The molecule has 1 aliphatic rings. The van der Waals surface area contributed by atoms with Gasteiger partial charge in [0.25, 0.3) is 0 Å². The summed E-state index contributed by atoms with van der Waals surface area (Å²) in [6, 6.07) is 0. The van der Waals surface area contributed by atoms with E-state index in [2.05, 4.69) is 0 Å². The number of carbonyl (C=O) groups excluding carboxylic acids is 2. The van der Waals surface area contributed by atoms with Crippen LogP contribution in [0.15, 0.2) is 0 Å². The largest absolute Gasteiger partial charge is 0.361 e. The Morgan fingerprint density at radius 1 is 1.36 bits per heavy atom. The molecule has 0 aromatic carbocycles. The number of methoxy groups -OCH3 is 1. The van der Waals surface area contributed by atoms with Gasteiger partial charge in [-0.05, 0) is 6.92 Å². The van der Waals surface area contributed by atoms with E-state index in [1.54, 1.807) is 6.92 Å². The third-order valence-electron chi connectivity index (χ3n) is 1.79. The van der Waals surface area contributed by atoms with E-state index in [4.69, 9.17) is 4.74 Å². The second-order valence-corrected chi connectivity index (χ2v) is 2.49. The first-order valence-electron chi connectivity index (χ1n) is 3.54. The maximum absolute atomic E-state index is 11.0. The van der Waals surface area contributed by atoms with Gasteiger partial charge in [0, 0.05) is 20.0 Å². The third kappa shape index (κ3) is 1.40. The molecule has 0 bridgehead atoms. The van der Waals surface area contributed by atoms with Gasteiger partial charge >= 0.3 is 0 Å². The molecule has 0 saturated carbocycles. The van der Waals surface area contributed by atoms with E-state index in [9.17, 15) is 9.59 Å². The summed E-state index contributed by atoms with van der Waals surface area (Å²) in [7, 11) is 1.48. The molecule has 4 nitrogen and oxygen atoms in total. The summed E-state index contributed by atoms with van der Waals surface area (Å²) in [6.07, 6.45) is 0.233. The summed E-state index contributed by atoms with van der Waals surface area (Å²) in [5.74, 6) is -0.270. The zero-order chi connectivity index (χ0) is 8.43. The van der Waals surface area contributed by atoms with Crippen LogP contribution >= 0.6 is 0 Å². The Morgan fingerprint density at radius 2 is 1.82 bits per heavy atom. The predicted molar refractivity (Wildman–Crippen MR) is 37.6 cm³/mol. The van der Waals surface area contributed by atoms with E-state index in [0.717, 1.165) is 0 Å². The van der Waals surface area contributed by atoms with Gasteiger partial charge in [0.05, 0.1) is 0 Å². The molecule has 1 atom stereocenters. The zero-order valence-corrected chi connectivity index (χ0v) is 6.66. The Kier molecular flexibility index (Phi) is 2.24. The van der Waals surface area contributed by atoms with Crippen LogP contribution in [-0.2, 0) is 14.3 Å². The van der Waals surface area contributed by atoms with Crippen LogP contribution in [0.5, 0.6) is 0 Å². The minimum absolute atomic E-state index is 0.135. The lowest BCUT2D eigenvalue weighted by molar-refractivity contribution is -0.150. The van der Waals surface area contributed by atoms with E-state index in [1.807, 2.05) is 0 Å². The zero-order valence-electron chi connectivity index (χ0n) is 6.66. The Bertz CT molecular complexity index is 174. The number of likely N-dealkylation sites (tertiary alicyclic amines) is 1. The van der Waals surface area contributed by atoms with E-state index in [-0.39, 0.29) is 11.8 Å². The molecular formula is C7H11NO3. The monoisotopic (exact) mass is 157 g/mol. The summed E-state index contributed by atoms with van der Waals surface area (Å²) in [5.41, 5.74) is 0. The molecule has 1 saturated heterocycles. The lowest BCUT2D eigenvalue weighted by Crippen LogP contribution is -2.38. The van der Waals surface area contributed by atoms with Gasteiger partial charge in [0.2, 0.25) is 11.8 Å². The number of nitrogens with zero attached hydrogens (tertiary/aromatic N) is 1. The molecule has 11 heavy (non-hydrogen) atoms. The van der Waals surface area contributed by atoms with Crippen LogP contribution < -0.4 is 0 Å². The Hall–Kier alpha value is -0.900. The molecular weight excluding hydrogens is 146 g/mol. The lowest BCUT2D eigenvalue weighted by Gasteiger charge is -2.20. The van der Waals surface area contributed by atoms with Crippen LogP contribution in [0, 0.1) is 0 Å². The normalized spacial score (nSPS) is 21.1. The maximum Gasteiger partial charge on any atom is 0.231 e. The average Bonchev–Trinajstić information content (AvgIpc) is 2.30. The molecule has 0 N–H and O–H groups in total. The Labute approximate surface area is 65.1 Å². The van der Waals surface area contributed by atoms with Gasteiger partial charge in [-0.15, -0.1) is 0 Å². The van der Waals surface area contributed by atoms with Crippen LogP contribution in [0.1, 0.15) is 19.8 Å². The van der Waals surface area contributed by atoms with Crippen molar-refractivity contribution in [1.29, 1.82) is 0 Å². The van der Waals surface area contributed by atoms with Crippen molar-refractivity contribution in [2.75, 3.05) is 7.11 Å². The fraction of sp³-hybridized carbons (Fsp3) is 0.714. The summed E-state index contributed by atoms with van der Waals surface area (Å²) >= 11 is 0. The molecule has 1 unspecified atom stereocenters. The number of ether oxygens (including phenoxy) is 1. The van der Waals surface area contributed by atoms with Crippen molar-refractivity contribution in [3.05, 3.63) is 0 Å².